The van der Waals surface area contributed by atoms with Gasteiger partial charge < -0.3 is 14.9 Å². The predicted octanol–water partition coefficient (Wildman–Crippen LogP) is 1.75. The topological polar surface area (TPSA) is 96.0 Å². The Kier molecular flexibility index (Phi) is 5.13. The number of nitrogens with zero attached hydrogens (tertiary/aromatic N) is 5. The lowest BCUT2D eigenvalue weighted by atomic mass is 9.94. The zero-order valence-corrected chi connectivity index (χ0v) is 17.5. The maximum absolute atomic E-state index is 9.76. The number of rotatable bonds is 6. The molecule has 2 atom stereocenters. The number of fused-ring (bicyclic) bond motifs is 5. The molecule has 4 rings (SSSR count). The van der Waals surface area contributed by atoms with Gasteiger partial charge in [-0.05, 0) is 33.3 Å². The smallest absolute Gasteiger partial charge is 0.168 e. The van der Waals surface area contributed by atoms with E-state index in [2.05, 4.69) is 23.9 Å². The third kappa shape index (κ3) is 3.90. The largest absolute Gasteiger partial charge is 0.392 e. The Morgan fingerprint density at radius 3 is 2.68 bits per heavy atom. The van der Waals surface area contributed by atoms with Crippen LogP contribution in [0.2, 0.25) is 0 Å². The average molecular weight is 406 g/mol. The van der Waals surface area contributed by atoms with E-state index in [0.29, 0.717) is 32.1 Å². The van der Waals surface area contributed by atoms with Crippen LogP contribution in [-0.4, -0.2) is 65.6 Å². The van der Waals surface area contributed by atoms with Crippen LogP contribution in [0, 0.1) is 0 Å². The van der Waals surface area contributed by atoms with Gasteiger partial charge in [-0.25, -0.2) is 14.5 Å². The normalized spacial score (nSPS) is 18.7. The molecule has 0 fully saturated rings. The van der Waals surface area contributed by atoms with Crippen LogP contribution in [0.5, 0.6) is 0 Å². The molecule has 1 aliphatic heterocycles. The molecule has 3 aromatic heterocycles. The highest BCUT2D eigenvalue weighted by molar-refractivity contribution is 7.19. The quantitative estimate of drug-likeness (QED) is 0.645. The Hall–Kier alpha value is -1.65. The van der Waals surface area contributed by atoms with E-state index in [9.17, 15) is 10.2 Å². The monoisotopic (exact) mass is 405 g/mol. The molecule has 0 saturated heterocycles. The Labute approximate surface area is 167 Å². The number of hydrogen-bond donors (Lipinski definition) is 2. The Balaban J connectivity index is 1.72. The number of aromatic nitrogens is 4. The average Bonchev–Trinajstić information content (AvgIpc) is 3.12. The van der Waals surface area contributed by atoms with Crippen molar-refractivity contribution in [2.45, 2.75) is 65.1 Å². The van der Waals surface area contributed by atoms with Gasteiger partial charge in [0.25, 0.3) is 0 Å². The lowest BCUT2D eigenvalue weighted by Gasteiger charge is -2.30. The minimum atomic E-state index is -0.490. The van der Waals surface area contributed by atoms with E-state index < -0.39 is 12.2 Å². The fourth-order valence-electron chi connectivity index (χ4n) is 3.80. The fraction of sp³-hybridized carbons (Fsp3) is 0.632. The van der Waals surface area contributed by atoms with Crippen molar-refractivity contribution in [3.63, 3.8) is 0 Å². The maximum atomic E-state index is 9.76. The molecular weight excluding hydrogens is 378 g/mol. The molecule has 152 valence electrons. The third-order valence-corrected chi connectivity index (χ3v) is 5.98. The van der Waals surface area contributed by atoms with Crippen LogP contribution in [0.3, 0.4) is 0 Å². The molecule has 4 heterocycles. The second-order valence-electron chi connectivity index (χ2n) is 8.34. The molecule has 2 unspecified atom stereocenters. The van der Waals surface area contributed by atoms with E-state index in [1.165, 1.54) is 10.4 Å². The summed E-state index contributed by atoms with van der Waals surface area (Å²) in [5.74, 6) is 0.655. The molecule has 2 N–H and O–H groups in total. The summed E-state index contributed by atoms with van der Waals surface area (Å²) in [5, 5.41) is 25.2. The predicted molar refractivity (Wildman–Crippen MR) is 107 cm³/mol. The van der Waals surface area contributed by atoms with Crippen molar-refractivity contribution < 1.29 is 14.9 Å². The number of thiophene rings is 1. The van der Waals surface area contributed by atoms with E-state index in [1.807, 2.05) is 4.90 Å². The first-order chi connectivity index (χ1) is 13.2. The van der Waals surface area contributed by atoms with Gasteiger partial charge in [0.1, 0.15) is 11.2 Å². The van der Waals surface area contributed by atoms with Crippen LogP contribution in [0.4, 0.5) is 0 Å². The Morgan fingerprint density at radius 2 is 2.00 bits per heavy atom. The molecule has 1 aliphatic rings. The summed E-state index contributed by atoms with van der Waals surface area (Å²) in [5.41, 5.74) is 1.87. The van der Waals surface area contributed by atoms with Crippen LogP contribution < -0.4 is 0 Å². The van der Waals surface area contributed by atoms with Gasteiger partial charge in [-0.1, -0.05) is 0 Å². The van der Waals surface area contributed by atoms with Crippen molar-refractivity contribution in [1.82, 2.24) is 24.5 Å². The zero-order chi connectivity index (χ0) is 20.1. The van der Waals surface area contributed by atoms with Crippen molar-refractivity contribution in [2.75, 3.05) is 13.1 Å². The van der Waals surface area contributed by atoms with Crippen molar-refractivity contribution in [3.05, 3.63) is 22.6 Å². The SMILES string of the molecule is CC(O)CN(Cc1nc2c3c4c(sc3ncn2n1)COC(C)(C)C4)CC(C)O. The van der Waals surface area contributed by atoms with E-state index in [0.717, 1.165) is 22.3 Å². The fourth-order valence-corrected chi connectivity index (χ4v) is 4.87. The molecule has 0 spiro atoms. The van der Waals surface area contributed by atoms with Gasteiger partial charge in [0.05, 0.1) is 36.3 Å². The van der Waals surface area contributed by atoms with Crippen LogP contribution in [0.25, 0.3) is 15.9 Å². The van der Waals surface area contributed by atoms with Gasteiger partial charge in [-0.2, -0.15) is 0 Å². The minimum absolute atomic E-state index is 0.206. The summed E-state index contributed by atoms with van der Waals surface area (Å²) in [6.07, 6.45) is 1.54. The highest BCUT2D eigenvalue weighted by atomic mass is 32.1. The summed E-state index contributed by atoms with van der Waals surface area (Å²) < 4.78 is 7.68. The van der Waals surface area contributed by atoms with Crippen LogP contribution >= 0.6 is 11.3 Å². The Bertz CT molecular complexity index is 984. The highest BCUT2D eigenvalue weighted by Crippen LogP contribution is 2.39. The second kappa shape index (κ2) is 7.31. The zero-order valence-electron chi connectivity index (χ0n) is 16.7. The summed E-state index contributed by atoms with van der Waals surface area (Å²) >= 11 is 1.66. The molecule has 0 aromatic carbocycles. The highest BCUT2D eigenvalue weighted by Gasteiger charge is 2.30. The standard InChI is InChI=1S/C19H27N5O3S/c1-11(25)6-23(7-12(2)26)8-15-21-17-16-13-5-19(3,4)27-9-14(13)28-18(16)20-10-24(17)22-15/h10-12,25-26H,5-9H2,1-4H3. The Morgan fingerprint density at radius 1 is 1.29 bits per heavy atom. The molecule has 0 amide bonds. The molecule has 8 nitrogen and oxygen atoms in total. The first-order valence-electron chi connectivity index (χ1n) is 9.59. The molecule has 0 bridgehead atoms. The lowest BCUT2D eigenvalue weighted by Crippen LogP contribution is -2.36. The van der Waals surface area contributed by atoms with Gasteiger partial charge in [-0.3, -0.25) is 4.90 Å². The number of ether oxygens (including phenoxy) is 1. The van der Waals surface area contributed by atoms with Gasteiger partial charge in [0.2, 0.25) is 0 Å². The molecule has 28 heavy (non-hydrogen) atoms. The van der Waals surface area contributed by atoms with Crippen LogP contribution in [0.1, 0.15) is 44.0 Å². The van der Waals surface area contributed by atoms with Gasteiger partial charge in [0, 0.05) is 24.4 Å². The number of hydrogen-bond acceptors (Lipinski definition) is 8. The van der Waals surface area contributed by atoms with Crippen LogP contribution in [0.15, 0.2) is 6.33 Å². The second-order valence-corrected chi connectivity index (χ2v) is 9.43. The third-order valence-electron chi connectivity index (χ3n) is 4.86. The molecule has 0 aliphatic carbocycles. The lowest BCUT2D eigenvalue weighted by molar-refractivity contribution is -0.0379. The van der Waals surface area contributed by atoms with Crippen molar-refractivity contribution in [1.29, 1.82) is 0 Å². The van der Waals surface area contributed by atoms with Crippen molar-refractivity contribution in [3.8, 4) is 0 Å². The molecular formula is C19H27N5O3S. The molecule has 0 radical (unpaired) electrons. The van der Waals surface area contributed by atoms with E-state index in [1.54, 1.807) is 36.0 Å². The molecule has 0 saturated carbocycles. The van der Waals surface area contributed by atoms with Crippen molar-refractivity contribution >= 4 is 27.2 Å². The van der Waals surface area contributed by atoms with E-state index >= 15 is 0 Å². The summed E-state index contributed by atoms with van der Waals surface area (Å²) in [7, 11) is 0. The number of aliphatic hydroxyl groups excluding tert-OH is 2. The maximum Gasteiger partial charge on any atom is 0.168 e. The van der Waals surface area contributed by atoms with Gasteiger partial charge in [0.15, 0.2) is 11.5 Å². The van der Waals surface area contributed by atoms with Gasteiger partial charge in [-0.15, -0.1) is 16.4 Å². The summed E-state index contributed by atoms with van der Waals surface area (Å²) in [4.78, 5) is 13.5. The van der Waals surface area contributed by atoms with Crippen molar-refractivity contribution in [2.24, 2.45) is 0 Å². The van der Waals surface area contributed by atoms with E-state index in [4.69, 9.17) is 9.72 Å². The molecule has 3 aromatic rings. The first kappa shape index (κ1) is 19.7. The summed E-state index contributed by atoms with van der Waals surface area (Å²) in [6, 6.07) is 0. The molecule has 9 heteroatoms. The van der Waals surface area contributed by atoms with E-state index in [-0.39, 0.29) is 5.60 Å². The summed E-state index contributed by atoms with van der Waals surface area (Å²) in [6.45, 7) is 9.65. The van der Waals surface area contributed by atoms with Gasteiger partial charge >= 0.3 is 0 Å². The number of aliphatic hydroxyl groups is 2. The minimum Gasteiger partial charge on any atom is -0.392 e. The first-order valence-corrected chi connectivity index (χ1v) is 10.4. The van der Waals surface area contributed by atoms with Crippen LogP contribution in [-0.2, 0) is 24.3 Å².